The van der Waals surface area contributed by atoms with Crippen LogP contribution in [0, 0.1) is 29.0 Å². The summed E-state index contributed by atoms with van der Waals surface area (Å²) < 4.78 is 12.9. The topological polar surface area (TPSA) is 29.1 Å². The predicted molar refractivity (Wildman–Crippen MR) is 93.6 cm³/mol. The molecule has 0 aliphatic heterocycles. The van der Waals surface area contributed by atoms with Crippen LogP contribution in [0.4, 0.5) is 4.39 Å². The molecular formula is C21H26FNO. The monoisotopic (exact) mass is 327 g/mol. The van der Waals surface area contributed by atoms with Crippen LogP contribution in [0.15, 0.2) is 30.3 Å². The summed E-state index contributed by atoms with van der Waals surface area (Å²) in [4.78, 5) is 12.3. The van der Waals surface area contributed by atoms with Gasteiger partial charge in [0.05, 0.1) is 0 Å². The summed E-state index contributed by atoms with van der Waals surface area (Å²) in [5, 5.41) is 3.22. The van der Waals surface area contributed by atoms with E-state index in [9.17, 15) is 9.18 Å². The van der Waals surface area contributed by atoms with Gasteiger partial charge in [-0.3, -0.25) is 4.79 Å². The molecule has 1 atom stereocenters. The van der Waals surface area contributed by atoms with E-state index in [-0.39, 0.29) is 17.8 Å². The normalized spacial score (nSPS) is 35.3. The lowest BCUT2D eigenvalue weighted by atomic mass is 9.48. The number of rotatable bonds is 4. The second kappa shape index (κ2) is 6.02. The van der Waals surface area contributed by atoms with Gasteiger partial charge in [0, 0.05) is 12.1 Å². The van der Waals surface area contributed by atoms with Gasteiger partial charge in [-0.25, -0.2) is 4.39 Å². The molecule has 1 N–H and O–H groups in total. The Hall–Kier alpha value is -1.64. The molecule has 3 heteroatoms. The summed E-state index contributed by atoms with van der Waals surface area (Å²) in [6, 6.07) is 6.42. The molecule has 4 fully saturated rings. The van der Waals surface area contributed by atoms with Gasteiger partial charge < -0.3 is 5.32 Å². The second-order valence-corrected chi connectivity index (χ2v) is 8.40. The Morgan fingerprint density at radius 1 is 1.12 bits per heavy atom. The van der Waals surface area contributed by atoms with Gasteiger partial charge in [0.15, 0.2) is 0 Å². The first-order valence-electron chi connectivity index (χ1n) is 9.26. The van der Waals surface area contributed by atoms with Gasteiger partial charge in [-0.2, -0.15) is 0 Å². The Morgan fingerprint density at radius 2 is 1.67 bits per heavy atom. The van der Waals surface area contributed by atoms with Crippen LogP contribution in [0.2, 0.25) is 0 Å². The Labute approximate surface area is 143 Å². The van der Waals surface area contributed by atoms with Gasteiger partial charge in [-0.05, 0) is 92.4 Å². The molecule has 1 amide bonds. The minimum Gasteiger partial charge on any atom is -0.350 e. The molecule has 5 rings (SSSR count). The minimum absolute atomic E-state index is 0.0393. The maximum atomic E-state index is 12.9. The molecule has 128 valence electrons. The Kier molecular flexibility index (Phi) is 3.98. The van der Waals surface area contributed by atoms with Crippen molar-refractivity contribution in [2.75, 3.05) is 0 Å². The molecule has 4 bridgehead atoms. The number of nitrogens with one attached hydrogen (secondary N) is 1. The molecule has 0 heterocycles. The van der Waals surface area contributed by atoms with Crippen LogP contribution in [0.25, 0.3) is 6.08 Å². The van der Waals surface area contributed by atoms with Crippen LogP contribution in [-0.2, 0) is 4.79 Å². The van der Waals surface area contributed by atoms with E-state index in [4.69, 9.17) is 0 Å². The van der Waals surface area contributed by atoms with Gasteiger partial charge in [0.1, 0.15) is 5.82 Å². The third-order valence-electron chi connectivity index (χ3n) is 6.66. The predicted octanol–water partition coefficient (Wildman–Crippen LogP) is 4.56. The zero-order valence-electron chi connectivity index (χ0n) is 14.3. The van der Waals surface area contributed by atoms with Gasteiger partial charge in [0.25, 0.3) is 0 Å². The van der Waals surface area contributed by atoms with E-state index in [2.05, 4.69) is 12.2 Å². The maximum absolute atomic E-state index is 12.9. The van der Waals surface area contributed by atoms with Crippen LogP contribution in [0.1, 0.15) is 51.0 Å². The molecule has 4 aliphatic carbocycles. The molecule has 0 spiro atoms. The van der Waals surface area contributed by atoms with Crippen molar-refractivity contribution in [2.24, 2.45) is 23.2 Å². The van der Waals surface area contributed by atoms with Crippen molar-refractivity contribution < 1.29 is 9.18 Å². The first-order chi connectivity index (χ1) is 11.5. The summed E-state index contributed by atoms with van der Waals surface area (Å²) in [5.41, 5.74) is 1.17. The summed E-state index contributed by atoms with van der Waals surface area (Å²) in [6.45, 7) is 2.19. The summed E-state index contributed by atoms with van der Waals surface area (Å²) in [5.74, 6) is 2.38. The average molecular weight is 327 g/mol. The fourth-order valence-corrected chi connectivity index (χ4v) is 5.87. The minimum atomic E-state index is -0.257. The fourth-order valence-electron chi connectivity index (χ4n) is 5.87. The largest absolute Gasteiger partial charge is 0.350 e. The quantitative estimate of drug-likeness (QED) is 0.807. The maximum Gasteiger partial charge on any atom is 0.244 e. The van der Waals surface area contributed by atoms with Crippen molar-refractivity contribution >= 4 is 12.0 Å². The van der Waals surface area contributed by atoms with Gasteiger partial charge in [-0.15, -0.1) is 0 Å². The van der Waals surface area contributed by atoms with Crippen LogP contribution in [0.3, 0.4) is 0 Å². The average Bonchev–Trinajstić information content (AvgIpc) is 2.53. The number of hydrogen-bond donors (Lipinski definition) is 1. The van der Waals surface area contributed by atoms with Crippen molar-refractivity contribution in [3.05, 3.63) is 41.7 Å². The van der Waals surface area contributed by atoms with E-state index in [0.717, 1.165) is 23.3 Å². The lowest BCUT2D eigenvalue weighted by Gasteiger charge is -2.59. The number of amides is 1. The number of halogens is 1. The van der Waals surface area contributed by atoms with Gasteiger partial charge >= 0.3 is 0 Å². The molecule has 24 heavy (non-hydrogen) atoms. The molecule has 4 saturated carbocycles. The summed E-state index contributed by atoms with van der Waals surface area (Å²) in [6.07, 6.45) is 11.5. The smallest absolute Gasteiger partial charge is 0.244 e. The van der Waals surface area contributed by atoms with E-state index >= 15 is 0 Å². The highest BCUT2D eigenvalue weighted by molar-refractivity contribution is 5.91. The number of carbonyl (C=O) groups excluding carboxylic acids is 1. The third kappa shape index (κ3) is 3.01. The van der Waals surface area contributed by atoms with E-state index in [0.29, 0.717) is 5.41 Å². The van der Waals surface area contributed by atoms with Crippen molar-refractivity contribution in [1.29, 1.82) is 0 Å². The highest BCUT2D eigenvalue weighted by Crippen LogP contribution is 2.61. The Balaban J connectivity index is 1.39. The highest BCUT2D eigenvalue weighted by atomic mass is 19.1. The van der Waals surface area contributed by atoms with Crippen LogP contribution in [-0.4, -0.2) is 11.9 Å². The zero-order chi connectivity index (χ0) is 16.7. The van der Waals surface area contributed by atoms with E-state index in [1.807, 2.05) is 0 Å². The fraction of sp³-hybridized carbons (Fsp3) is 0.571. The standard InChI is InChI=1S/C21H26FNO/c1-14(21-11-16-8-17(12-21)10-18(9-16)13-21)23-20(24)7-4-15-2-5-19(22)6-3-15/h2-7,14,16-18H,8-13H2,1H3,(H,23,24). The summed E-state index contributed by atoms with van der Waals surface area (Å²) >= 11 is 0. The van der Waals surface area contributed by atoms with Crippen molar-refractivity contribution in [3.63, 3.8) is 0 Å². The van der Waals surface area contributed by atoms with Crippen molar-refractivity contribution in [1.82, 2.24) is 5.32 Å². The number of carbonyl (C=O) groups is 1. The van der Waals surface area contributed by atoms with E-state index < -0.39 is 0 Å². The molecule has 0 saturated heterocycles. The molecule has 1 aromatic rings. The summed E-state index contributed by atoms with van der Waals surface area (Å²) in [7, 11) is 0. The molecule has 0 radical (unpaired) electrons. The van der Waals surface area contributed by atoms with E-state index in [1.54, 1.807) is 24.3 Å². The highest BCUT2D eigenvalue weighted by Gasteiger charge is 2.53. The molecule has 1 aromatic carbocycles. The lowest BCUT2D eigenvalue weighted by Crippen LogP contribution is -2.55. The first kappa shape index (κ1) is 15.9. The van der Waals surface area contributed by atoms with Gasteiger partial charge in [0.2, 0.25) is 5.91 Å². The molecule has 2 nitrogen and oxygen atoms in total. The number of hydrogen-bond acceptors (Lipinski definition) is 1. The molecule has 0 aromatic heterocycles. The molecular weight excluding hydrogens is 301 g/mol. The van der Waals surface area contributed by atoms with Crippen LogP contribution in [0.5, 0.6) is 0 Å². The van der Waals surface area contributed by atoms with Crippen molar-refractivity contribution in [2.45, 2.75) is 51.5 Å². The first-order valence-corrected chi connectivity index (χ1v) is 9.26. The number of benzene rings is 1. The Morgan fingerprint density at radius 3 is 2.21 bits per heavy atom. The molecule has 1 unspecified atom stereocenters. The zero-order valence-corrected chi connectivity index (χ0v) is 14.3. The van der Waals surface area contributed by atoms with Gasteiger partial charge in [-0.1, -0.05) is 12.1 Å². The third-order valence-corrected chi connectivity index (χ3v) is 6.66. The second-order valence-electron chi connectivity index (χ2n) is 8.40. The molecule has 4 aliphatic rings. The lowest BCUT2D eigenvalue weighted by molar-refractivity contribution is -0.121. The van der Waals surface area contributed by atoms with Crippen molar-refractivity contribution in [3.8, 4) is 0 Å². The van der Waals surface area contributed by atoms with E-state index in [1.165, 1.54) is 50.7 Å². The Bertz CT molecular complexity index is 613. The van der Waals surface area contributed by atoms with Crippen LogP contribution >= 0.6 is 0 Å². The van der Waals surface area contributed by atoms with Crippen LogP contribution < -0.4 is 5.32 Å². The SMILES string of the molecule is CC(NC(=O)C=Cc1ccc(F)cc1)C12CC3CC(CC(C3)C1)C2.